The van der Waals surface area contributed by atoms with Gasteiger partial charge in [-0.3, -0.25) is 18.7 Å². The fourth-order valence-electron chi connectivity index (χ4n) is 5.78. The van der Waals surface area contributed by atoms with E-state index in [9.17, 15) is 31.6 Å². The lowest BCUT2D eigenvalue weighted by molar-refractivity contribution is -0.128. The van der Waals surface area contributed by atoms with Gasteiger partial charge in [-0.05, 0) is 71.3 Å². The molecule has 2 aromatic carbocycles. The summed E-state index contributed by atoms with van der Waals surface area (Å²) in [4.78, 5) is 39.2. The van der Waals surface area contributed by atoms with Crippen LogP contribution in [0, 0.1) is 28.4 Å². The predicted molar refractivity (Wildman–Crippen MR) is 121 cm³/mol. The standard InChI is InChI=1S/C24H21F2NO6S/c1-23(2)13-7-8-24(23,20(28)9-13)12-34(31,32)33-27-21(29)16-5-3-14(25)10-18(16)19-11-15(26)4-6-17(19)22(27)30/h3-6,10-11,13H,7-9,12H2,1-2H3. The van der Waals surface area contributed by atoms with E-state index in [0.717, 1.165) is 36.4 Å². The van der Waals surface area contributed by atoms with E-state index in [0.29, 0.717) is 12.8 Å². The maximum atomic E-state index is 14.0. The Bertz CT molecular complexity index is 1550. The molecule has 0 saturated heterocycles. The molecule has 0 aliphatic heterocycles. The van der Waals surface area contributed by atoms with Crippen molar-refractivity contribution in [2.75, 3.05) is 5.75 Å². The summed E-state index contributed by atoms with van der Waals surface area (Å²) in [5, 5.41) is -0.599. The number of fused-ring (bicyclic) bond motifs is 5. The first kappa shape index (κ1) is 22.6. The van der Waals surface area contributed by atoms with Gasteiger partial charge >= 0.3 is 10.1 Å². The number of carbonyl (C=O) groups excluding carboxylic acids is 1. The highest BCUT2D eigenvalue weighted by molar-refractivity contribution is 7.86. The van der Waals surface area contributed by atoms with Gasteiger partial charge in [0, 0.05) is 6.42 Å². The van der Waals surface area contributed by atoms with Crippen molar-refractivity contribution in [3.63, 3.8) is 0 Å². The van der Waals surface area contributed by atoms with Gasteiger partial charge in [-0.2, -0.15) is 8.42 Å². The van der Waals surface area contributed by atoms with Crippen LogP contribution < -0.4 is 15.4 Å². The molecule has 2 unspecified atom stereocenters. The summed E-state index contributed by atoms with van der Waals surface area (Å²) in [6.45, 7) is 3.70. The second-order valence-corrected chi connectivity index (χ2v) is 11.3. The van der Waals surface area contributed by atoms with E-state index >= 15 is 0 Å². The van der Waals surface area contributed by atoms with E-state index in [-0.39, 0.29) is 44.4 Å². The Hall–Kier alpha value is -3.14. The molecule has 7 nitrogen and oxygen atoms in total. The van der Waals surface area contributed by atoms with Crippen LogP contribution >= 0.6 is 0 Å². The first-order valence-electron chi connectivity index (χ1n) is 10.8. The molecule has 0 amide bonds. The Morgan fingerprint density at radius 1 is 0.941 bits per heavy atom. The molecule has 3 aromatic rings. The molecule has 1 heterocycles. The summed E-state index contributed by atoms with van der Waals surface area (Å²) in [7, 11) is -4.60. The number of benzene rings is 2. The number of rotatable bonds is 4. The highest BCUT2D eigenvalue weighted by atomic mass is 32.2. The second kappa shape index (κ2) is 7.18. The van der Waals surface area contributed by atoms with Gasteiger partial charge in [-0.15, -0.1) is 0 Å². The summed E-state index contributed by atoms with van der Waals surface area (Å²) in [6.07, 6.45) is 1.36. The predicted octanol–water partition coefficient (Wildman–Crippen LogP) is 2.95. The molecule has 2 aliphatic rings. The number of nitrogens with zero attached hydrogens (tertiary/aromatic N) is 1. The minimum atomic E-state index is -4.60. The molecule has 5 rings (SSSR count). The lowest BCUT2D eigenvalue weighted by atomic mass is 9.70. The molecular weight excluding hydrogens is 468 g/mol. The largest absolute Gasteiger partial charge is 0.328 e. The van der Waals surface area contributed by atoms with Gasteiger partial charge in [0.05, 0.1) is 16.2 Å². The normalized spacial score (nSPS) is 23.6. The fraction of sp³-hybridized carbons (Fsp3) is 0.375. The highest BCUT2D eigenvalue weighted by Gasteiger charge is 2.65. The van der Waals surface area contributed by atoms with Gasteiger partial charge in [0.25, 0.3) is 11.1 Å². The van der Waals surface area contributed by atoms with Crippen molar-refractivity contribution >= 4 is 37.4 Å². The molecule has 2 fully saturated rings. The summed E-state index contributed by atoms with van der Waals surface area (Å²) in [6, 6.07) is 6.02. The minimum Gasteiger partial charge on any atom is -0.299 e. The van der Waals surface area contributed by atoms with Crippen molar-refractivity contribution in [1.82, 2.24) is 4.73 Å². The van der Waals surface area contributed by atoms with Crippen molar-refractivity contribution in [3.05, 3.63) is 68.7 Å². The Morgan fingerprint density at radius 2 is 1.47 bits per heavy atom. The van der Waals surface area contributed by atoms with Crippen LogP contribution in [0.2, 0.25) is 0 Å². The van der Waals surface area contributed by atoms with Gasteiger partial charge in [-0.25, -0.2) is 8.78 Å². The van der Waals surface area contributed by atoms with Crippen molar-refractivity contribution in [1.29, 1.82) is 0 Å². The van der Waals surface area contributed by atoms with Crippen LogP contribution in [0.4, 0.5) is 8.78 Å². The molecular formula is C24H21F2NO6S. The number of carbonyl (C=O) groups is 1. The molecule has 34 heavy (non-hydrogen) atoms. The lowest BCUT2D eigenvalue weighted by Crippen LogP contribution is -2.47. The summed E-state index contributed by atoms with van der Waals surface area (Å²) < 4.78 is 59.5. The monoisotopic (exact) mass is 489 g/mol. The molecule has 0 radical (unpaired) electrons. The van der Waals surface area contributed by atoms with Crippen molar-refractivity contribution < 1.29 is 26.3 Å². The van der Waals surface area contributed by atoms with Crippen molar-refractivity contribution in [2.24, 2.45) is 16.7 Å². The summed E-state index contributed by atoms with van der Waals surface area (Å²) >= 11 is 0. The molecule has 2 bridgehead atoms. The van der Waals surface area contributed by atoms with Crippen LogP contribution in [-0.2, 0) is 14.9 Å². The fourth-order valence-corrected chi connectivity index (χ4v) is 7.48. The zero-order valence-electron chi connectivity index (χ0n) is 18.4. The van der Waals surface area contributed by atoms with Crippen molar-refractivity contribution in [2.45, 2.75) is 33.1 Å². The zero-order valence-corrected chi connectivity index (χ0v) is 19.2. The quantitative estimate of drug-likeness (QED) is 0.559. The van der Waals surface area contributed by atoms with Crippen LogP contribution in [-0.4, -0.2) is 24.7 Å². The first-order chi connectivity index (χ1) is 15.9. The molecule has 178 valence electrons. The third-order valence-corrected chi connectivity index (χ3v) is 9.06. The molecule has 2 aliphatic carbocycles. The number of halogens is 2. The van der Waals surface area contributed by atoms with E-state index in [2.05, 4.69) is 0 Å². The van der Waals surface area contributed by atoms with E-state index in [1.165, 1.54) is 0 Å². The second-order valence-electron chi connectivity index (χ2n) is 9.73. The lowest BCUT2D eigenvalue weighted by Gasteiger charge is -2.35. The zero-order chi connectivity index (χ0) is 24.6. The average Bonchev–Trinajstić information content (AvgIpc) is 3.07. The third kappa shape index (κ3) is 3.11. The molecule has 10 heteroatoms. The van der Waals surface area contributed by atoms with Gasteiger partial charge in [0.1, 0.15) is 23.2 Å². The van der Waals surface area contributed by atoms with Crippen molar-refractivity contribution in [3.8, 4) is 0 Å². The number of aromatic nitrogens is 1. The van der Waals surface area contributed by atoms with Crippen LogP contribution in [0.1, 0.15) is 33.1 Å². The molecule has 0 spiro atoms. The maximum absolute atomic E-state index is 14.0. The van der Waals surface area contributed by atoms with E-state index in [1.807, 2.05) is 13.8 Å². The summed E-state index contributed by atoms with van der Waals surface area (Å²) in [5.41, 5.74) is -4.03. The average molecular weight is 489 g/mol. The van der Waals surface area contributed by atoms with Gasteiger partial charge in [0.2, 0.25) is 0 Å². The van der Waals surface area contributed by atoms with Crippen LogP contribution in [0.5, 0.6) is 0 Å². The van der Waals surface area contributed by atoms with Crippen LogP contribution in [0.15, 0.2) is 46.0 Å². The highest BCUT2D eigenvalue weighted by Crippen LogP contribution is 2.64. The minimum absolute atomic E-state index is 0.0557. The van der Waals surface area contributed by atoms with E-state index in [4.69, 9.17) is 4.28 Å². The number of hydrogen-bond acceptors (Lipinski definition) is 6. The topological polar surface area (TPSA) is 99.5 Å². The van der Waals surface area contributed by atoms with E-state index in [1.54, 1.807) is 0 Å². The van der Waals surface area contributed by atoms with Gasteiger partial charge < -0.3 is 0 Å². The Balaban J connectivity index is 1.71. The third-order valence-electron chi connectivity index (χ3n) is 7.83. The number of hydrogen-bond donors (Lipinski definition) is 0. The van der Waals surface area contributed by atoms with Crippen LogP contribution in [0.3, 0.4) is 0 Å². The van der Waals surface area contributed by atoms with Gasteiger partial charge in [-0.1, -0.05) is 18.6 Å². The number of Topliss-reactive ketones (excluding diaryl/α,β-unsaturated/α-hetero) is 1. The van der Waals surface area contributed by atoms with Gasteiger partial charge in [0.15, 0.2) is 0 Å². The molecule has 0 N–H and O–H groups in total. The maximum Gasteiger partial charge on any atom is 0.328 e. The van der Waals surface area contributed by atoms with Crippen LogP contribution in [0.25, 0.3) is 21.5 Å². The Kier molecular flexibility index (Phi) is 4.78. The Labute approximate surface area is 193 Å². The smallest absolute Gasteiger partial charge is 0.299 e. The SMILES string of the molecule is CC1(C)C2CCC1(CS(=O)(=O)On1c(=O)c3ccc(F)cc3c3cc(F)ccc3c1=O)C(=O)C2. The molecule has 2 saturated carbocycles. The first-order valence-corrected chi connectivity index (χ1v) is 12.4. The molecule has 1 aromatic heterocycles. The molecule has 2 atom stereocenters. The summed E-state index contributed by atoms with van der Waals surface area (Å²) in [5.74, 6) is -2.25. The Morgan fingerprint density at radius 3 is 1.91 bits per heavy atom. The number of ketones is 1. The van der Waals surface area contributed by atoms with E-state index < -0.39 is 49.5 Å².